The molecule has 1 unspecified atom stereocenters. The molecule has 1 amide bonds. The van der Waals surface area contributed by atoms with Gasteiger partial charge in [-0.2, -0.15) is 13.2 Å². The standard InChI is InChI=1S/C14H15F3N4OS2/c1-3-18-12-20-21-13(24-12)23-8(2)11(22)19-10-6-4-9(5-7-10)14(15,16)17/h4-8H,3H2,1-2H3,(H,18,20)(H,19,22). The number of nitrogens with zero attached hydrogens (tertiary/aromatic N) is 2. The third-order valence-electron chi connectivity index (χ3n) is 2.86. The Bertz CT molecular complexity index is 688. The molecule has 1 aromatic carbocycles. The third kappa shape index (κ3) is 5.10. The number of carbonyl (C=O) groups excluding carboxylic acids is 1. The molecule has 0 saturated heterocycles. The van der Waals surface area contributed by atoms with Crippen LogP contribution in [0.15, 0.2) is 28.6 Å². The van der Waals surface area contributed by atoms with E-state index in [-0.39, 0.29) is 5.91 Å². The number of hydrogen-bond acceptors (Lipinski definition) is 6. The highest BCUT2D eigenvalue weighted by atomic mass is 32.2. The number of alkyl halides is 3. The number of amides is 1. The van der Waals surface area contributed by atoms with Gasteiger partial charge in [0.05, 0.1) is 10.8 Å². The summed E-state index contributed by atoms with van der Waals surface area (Å²) in [6.45, 7) is 4.36. The van der Waals surface area contributed by atoms with Crippen molar-refractivity contribution in [2.75, 3.05) is 17.2 Å². The molecule has 24 heavy (non-hydrogen) atoms. The van der Waals surface area contributed by atoms with Crippen LogP contribution in [0.1, 0.15) is 19.4 Å². The van der Waals surface area contributed by atoms with Crippen LogP contribution in [0.25, 0.3) is 0 Å². The van der Waals surface area contributed by atoms with Crippen molar-refractivity contribution in [1.29, 1.82) is 0 Å². The van der Waals surface area contributed by atoms with Crippen LogP contribution in [0, 0.1) is 0 Å². The minimum atomic E-state index is -4.40. The molecule has 2 rings (SSSR count). The Morgan fingerprint density at radius 1 is 1.29 bits per heavy atom. The van der Waals surface area contributed by atoms with Crippen molar-refractivity contribution in [2.45, 2.75) is 29.6 Å². The molecular weight excluding hydrogens is 361 g/mol. The number of rotatable bonds is 6. The molecule has 2 aromatic rings. The molecule has 0 fully saturated rings. The molecular formula is C14H15F3N4OS2. The molecule has 1 heterocycles. The summed E-state index contributed by atoms with van der Waals surface area (Å²) in [6, 6.07) is 4.32. The summed E-state index contributed by atoms with van der Waals surface area (Å²) in [4.78, 5) is 12.1. The second-order valence-corrected chi connectivity index (χ2v) is 7.29. The van der Waals surface area contributed by atoms with E-state index in [1.807, 2.05) is 6.92 Å². The van der Waals surface area contributed by atoms with Crippen molar-refractivity contribution in [3.8, 4) is 0 Å². The molecule has 0 aliphatic heterocycles. The Balaban J connectivity index is 1.93. The van der Waals surface area contributed by atoms with E-state index in [0.29, 0.717) is 15.2 Å². The number of hydrogen-bond donors (Lipinski definition) is 2. The van der Waals surface area contributed by atoms with E-state index in [4.69, 9.17) is 0 Å². The van der Waals surface area contributed by atoms with Gasteiger partial charge in [0.2, 0.25) is 11.0 Å². The van der Waals surface area contributed by atoms with Crippen LogP contribution in [0.5, 0.6) is 0 Å². The van der Waals surface area contributed by atoms with E-state index in [1.165, 1.54) is 35.2 Å². The van der Waals surface area contributed by atoms with Gasteiger partial charge in [-0.3, -0.25) is 4.79 Å². The maximum Gasteiger partial charge on any atom is 0.416 e. The van der Waals surface area contributed by atoms with Crippen LogP contribution in [0.3, 0.4) is 0 Å². The molecule has 1 aromatic heterocycles. The summed E-state index contributed by atoms with van der Waals surface area (Å²) < 4.78 is 38.1. The molecule has 0 radical (unpaired) electrons. The van der Waals surface area contributed by atoms with Crippen LogP contribution >= 0.6 is 23.1 Å². The van der Waals surface area contributed by atoms with Crippen molar-refractivity contribution < 1.29 is 18.0 Å². The molecule has 0 bridgehead atoms. The lowest BCUT2D eigenvalue weighted by molar-refractivity contribution is -0.137. The summed E-state index contributed by atoms with van der Waals surface area (Å²) >= 11 is 2.58. The molecule has 130 valence electrons. The van der Waals surface area contributed by atoms with Crippen LogP contribution in [-0.2, 0) is 11.0 Å². The first-order valence-corrected chi connectivity index (χ1v) is 8.71. The Morgan fingerprint density at radius 2 is 1.96 bits per heavy atom. The molecule has 0 spiro atoms. The number of aromatic nitrogens is 2. The van der Waals surface area contributed by atoms with Gasteiger partial charge in [0.15, 0.2) is 4.34 Å². The number of anilines is 2. The Morgan fingerprint density at radius 3 is 2.54 bits per heavy atom. The van der Waals surface area contributed by atoms with E-state index in [1.54, 1.807) is 6.92 Å². The summed E-state index contributed by atoms with van der Waals surface area (Å²) in [5.41, 5.74) is -0.446. The topological polar surface area (TPSA) is 66.9 Å². The summed E-state index contributed by atoms with van der Waals surface area (Å²) in [7, 11) is 0. The van der Waals surface area contributed by atoms with Crippen LogP contribution in [0.2, 0.25) is 0 Å². The number of carbonyl (C=O) groups is 1. The fourth-order valence-electron chi connectivity index (χ4n) is 1.67. The third-order valence-corrected chi connectivity index (χ3v) is 4.93. The lowest BCUT2D eigenvalue weighted by atomic mass is 10.2. The fourth-order valence-corrected chi connectivity index (χ4v) is 3.64. The minimum Gasteiger partial charge on any atom is -0.360 e. The first kappa shape index (κ1) is 18.5. The van der Waals surface area contributed by atoms with Gasteiger partial charge in [0, 0.05) is 12.2 Å². The zero-order valence-electron chi connectivity index (χ0n) is 12.8. The lowest BCUT2D eigenvalue weighted by Gasteiger charge is -2.11. The van der Waals surface area contributed by atoms with E-state index >= 15 is 0 Å². The number of nitrogens with one attached hydrogen (secondary N) is 2. The maximum atomic E-state index is 12.5. The van der Waals surface area contributed by atoms with Gasteiger partial charge >= 0.3 is 6.18 Å². The average Bonchev–Trinajstić information content (AvgIpc) is 2.94. The van der Waals surface area contributed by atoms with Crippen molar-refractivity contribution >= 4 is 39.8 Å². The van der Waals surface area contributed by atoms with Gasteiger partial charge in [0.1, 0.15) is 0 Å². The predicted molar refractivity (Wildman–Crippen MR) is 89.5 cm³/mol. The van der Waals surface area contributed by atoms with E-state index in [0.717, 1.165) is 18.7 Å². The second kappa shape index (κ2) is 7.84. The largest absolute Gasteiger partial charge is 0.416 e. The Hall–Kier alpha value is -1.81. The first-order valence-electron chi connectivity index (χ1n) is 7.01. The van der Waals surface area contributed by atoms with Gasteiger partial charge in [-0.25, -0.2) is 0 Å². The van der Waals surface area contributed by atoms with E-state index < -0.39 is 17.0 Å². The molecule has 10 heteroatoms. The zero-order valence-corrected chi connectivity index (χ0v) is 14.5. The quantitative estimate of drug-likeness (QED) is 0.743. The van der Waals surface area contributed by atoms with Gasteiger partial charge < -0.3 is 10.6 Å². The highest BCUT2D eigenvalue weighted by Crippen LogP contribution is 2.31. The normalized spacial score (nSPS) is 12.7. The molecule has 0 aliphatic rings. The fraction of sp³-hybridized carbons (Fsp3) is 0.357. The van der Waals surface area contributed by atoms with Crippen molar-refractivity contribution in [3.05, 3.63) is 29.8 Å². The highest BCUT2D eigenvalue weighted by Gasteiger charge is 2.30. The first-order chi connectivity index (χ1) is 11.3. The SMILES string of the molecule is CCNc1nnc(SC(C)C(=O)Nc2ccc(C(F)(F)F)cc2)s1. The minimum absolute atomic E-state index is 0.311. The summed E-state index contributed by atoms with van der Waals surface area (Å²) in [5, 5.41) is 13.7. The van der Waals surface area contributed by atoms with Gasteiger partial charge in [-0.1, -0.05) is 23.1 Å². The maximum absolute atomic E-state index is 12.5. The van der Waals surface area contributed by atoms with Crippen LogP contribution in [0.4, 0.5) is 24.0 Å². The van der Waals surface area contributed by atoms with Gasteiger partial charge in [-0.15, -0.1) is 10.2 Å². The Kier molecular flexibility index (Phi) is 6.05. The number of benzene rings is 1. The zero-order chi connectivity index (χ0) is 17.7. The predicted octanol–water partition coefficient (Wildman–Crippen LogP) is 4.11. The van der Waals surface area contributed by atoms with E-state index in [2.05, 4.69) is 20.8 Å². The van der Waals surface area contributed by atoms with Gasteiger partial charge in [0.25, 0.3) is 0 Å². The lowest BCUT2D eigenvalue weighted by Crippen LogP contribution is -2.22. The van der Waals surface area contributed by atoms with E-state index in [9.17, 15) is 18.0 Å². The van der Waals surface area contributed by atoms with Crippen molar-refractivity contribution in [2.24, 2.45) is 0 Å². The number of halogens is 3. The van der Waals surface area contributed by atoms with Gasteiger partial charge in [-0.05, 0) is 38.1 Å². The monoisotopic (exact) mass is 376 g/mol. The molecule has 0 aliphatic carbocycles. The summed E-state index contributed by atoms with van der Waals surface area (Å²) in [6.07, 6.45) is -4.40. The van der Waals surface area contributed by atoms with Crippen molar-refractivity contribution in [1.82, 2.24) is 10.2 Å². The second-order valence-electron chi connectivity index (χ2n) is 4.73. The average molecular weight is 376 g/mol. The van der Waals surface area contributed by atoms with Crippen molar-refractivity contribution in [3.63, 3.8) is 0 Å². The molecule has 0 saturated carbocycles. The molecule has 1 atom stereocenters. The smallest absolute Gasteiger partial charge is 0.360 e. The summed E-state index contributed by atoms with van der Waals surface area (Å²) in [5.74, 6) is -0.319. The molecule has 5 nitrogen and oxygen atoms in total. The number of thioether (sulfide) groups is 1. The molecule has 2 N–H and O–H groups in total. The van der Waals surface area contributed by atoms with Crippen LogP contribution in [-0.4, -0.2) is 27.9 Å². The Labute approximate surface area is 145 Å². The van der Waals surface area contributed by atoms with Crippen LogP contribution < -0.4 is 10.6 Å². The highest BCUT2D eigenvalue weighted by molar-refractivity contribution is 8.02.